The number of anilines is 1. The van der Waals surface area contributed by atoms with Crippen LogP contribution in [0.4, 0.5) is 5.82 Å². The largest absolute Gasteiger partial charge is 0.469 e. The zero-order valence-electron chi connectivity index (χ0n) is 10.2. The molecule has 0 N–H and O–H groups in total. The summed E-state index contributed by atoms with van der Waals surface area (Å²) in [5.41, 5.74) is 2.37. The molecular weight excluding hydrogens is 280 g/mol. The number of hydrogen-bond donors (Lipinski definition) is 0. The maximum atomic E-state index is 5.30. The molecule has 2 heterocycles. The molecule has 0 fully saturated rings. The molecule has 90 valence electrons. The highest BCUT2D eigenvalue weighted by Crippen LogP contribution is 2.27. The van der Waals surface area contributed by atoms with E-state index < -0.39 is 0 Å². The summed E-state index contributed by atoms with van der Waals surface area (Å²) in [6, 6.07) is 3.99. The smallest absolute Gasteiger partial charge is 0.143 e. The monoisotopic (exact) mass is 294 g/mol. The number of halogens is 1. The fourth-order valence-corrected chi connectivity index (χ4v) is 2.23. The van der Waals surface area contributed by atoms with E-state index in [1.54, 1.807) is 6.26 Å². The van der Waals surface area contributed by atoms with Crippen molar-refractivity contribution < 1.29 is 4.42 Å². The van der Waals surface area contributed by atoms with Gasteiger partial charge in [-0.1, -0.05) is 0 Å². The van der Waals surface area contributed by atoms with E-state index in [-0.39, 0.29) is 0 Å². The van der Waals surface area contributed by atoms with E-state index in [0.717, 1.165) is 22.6 Å². The lowest BCUT2D eigenvalue weighted by atomic mass is 10.2. The van der Waals surface area contributed by atoms with Gasteiger partial charge in [0.15, 0.2) is 0 Å². The van der Waals surface area contributed by atoms with Gasteiger partial charge in [0.2, 0.25) is 0 Å². The summed E-state index contributed by atoms with van der Waals surface area (Å²) < 4.78 is 6.34. The minimum atomic E-state index is 0.789. The third-order valence-corrected chi connectivity index (χ3v) is 3.78. The van der Waals surface area contributed by atoms with Crippen LogP contribution in [0.1, 0.15) is 16.9 Å². The molecule has 0 bridgehead atoms. The number of nitrogens with zero attached hydrogens (tertiary/aromatic N) is 2. The first-order valence-electron chi connectivity index (χ1n) is 5.45. The summed E-state index contributed by atoms with van der Waals surface area (Å²) in [4.78, 5) is 6.50. The maximum absolute atomic E-state index is 5.30. The first-order chi connectivity index (χ1) is 8.09. The third kappa shape index (κ3) is 2.52. The highest BCUT2D eigenvalue weighted by molar-refractivity contribution is 9.10. The summed E-state index contributed by atoms with van der Waals surface area (Å²) in [6.07, 6.45) is 3.55. The second-order valence-corrected chi connectivity index (χ2v) is 4.92. The zero-order chi connectivity index (χ0) is 12.4. The van der Waals surface area contributed by atoms with Crippen molar-refractivity contribution in [2.24, 2.45) is 0 Å². The first-order valence-corrected chi connectivity index (χ1v) is 6.24. The summed E-state index contributed by atoms with van der Waals surface area (Å²) in [6.45, 7) is 4.82. The molecule has 0 atom stereocenters. The maximum Gasteiger partial charge on any atom is 0.143 e. The Balaban J connectivity index is 2.23. The van der Waals surface area contributed by atoms with E-state index in [1.165, 1.54) is 11.1 Å². The highest BCUT2D eigenvalue weighted by atomic mass is 79.9. The molecule has 0 saturated heterocycles. The van der Waals surface area contributed by atoms with Crippen molar-refractivity contribution >= 4 is 21.7 Å². The van der Waals surface area contributed by atoms with Gasteiger partial charge in [-0.3, -0.25) is 0 Å². The van der Waals surface area contributed by atoms with Crippen LogP contribution in [0.5, 0.6) is 0 Å². The summed E-state index contributed by atoms with van der Waals surface area (Å²) in [7, 11) is 2.03. The van der Waals surface area contributed by atoms with Crippen molar-refractivity contribution in [1.82, 2.24) is 4.98 Å². The van der Waals surface area contributed by atoms with Crippen molar-refractivity contribution in [1.29, 1.82) is 0 Å². The van der Waals surface area contributed by atoms with Crippen LogP contribution in [0.25, 0.3) is 0 Å². The van der Waals surface area contributed by atoms with Crippen molar-refractivity contribution in [2.75, 3.05) is 11.9 Å². The fourth-order valence-electron chi connectivity index (χ4n) is 1.70. The van der Waals surface area contributed by atoms with Crippen LogP contribution in [0, 0.1) is 13.8 Å². The molecule has 0 saturated carbocycles. The average Bonchev–Trinajstić information content (AvgIpc) is 2.68. The van der Waals surface area contributed by atoms with Crippen LogP contribution in [0.2, 0.25) is 0 Å². The van der Waals surface area contributed by atoms with Gasteiger partial charge in [-0.05, 0) is 47.5 Å². The SMILES string of the molecule is Cc1ccnc(N(C)Cc2ccoc2C)c1Br. The molecule has 0 aliphatic carbocycles. The van der Waals surface area contributed by atoms with E-state index in [2.05, 4.69) is 32.7 Å². The Hall–Kier alpha value is -1.29. The minimum absolute atomic E-state index is 0.789. The van der Waals surface area contributed by atoms with Crippen LogP contribution in [0.15, 0.2) is 33.5 Å². The lowest BCUT2D eigenvalue weighted by molar-refractivity contribution is 0.529. The minimum Gasteiger partial charge on any atom is -0.469 e. The number of aromatic nitrogens is 1. The van der Waals surface area contributed by atoms with Gasteiger partial charge in [0.05, 0.1) is 10.7 Å². The Morgan fingerprint density at radius 2 is 2.12 bits per heavy atom. The molecule has 0 unspecified atom stereocenters. The average molecular weight is 295 g/mol. The van der Waals surface area contributed by atoms with Gasteiger partial charge >= 0.3 is 0 Å². The van der Waals surface area contributed by atoms with Gasteiger partial charge in [-0.2, -0.15) is 0 Å². The Morgan fingerprint density at radius 3 is 2.76 bits per heavy atom. The molecule has 0 aliphatic heterocycles. The highest BCUT2D eigenvalue weighted by Gasteiger charge is 2.11. The van der Waals surface area contributed by atoms with Gasteiger partial charge in [0.1, 0.15) is 11.6 Å². The second-order valence-electron chi connectivity index (χ2n) is 4.12. The summed E-state index contributed by atoms with van der Waals surface area (Å²) >= 11 is 3.58. The third-order valence-electron chi connectivity index (χ3n) is 2.80. The fraction of sp³-hybridized carbons (Fsp3) is 0.308. The molecule has 0 aromatic carbocycles. The summed E-state index contributed by atoms with van der Waals surface area (Å²) in [5.74, 6) is 1.91. The van der Waals surface area contributed by atoms with Crippen LogP contribution in [-0.4, -0.2) is 12.0 Å². The van der Waals surface area contributed by atoms with E-state index in [9.17, 15) is 0 Å². The zero-order valence-corrected chi connectivity index (χ0v) is 11.8. The number of furan rings is 1. The standard InChI is InChI=1S/C13H15BrN2O/c1-9-4-6-15-13(12(9)14)16(3)8-11-5-7-17-10(11)2/h4-7H,8H2,1-3H3. The van der Waals surface area contributed by atoms with E-state index in [1.807, 2.05) is 32.3 Å². The van der Waals surface area contributed by atoms with Gasteiger partial charge in [-0.25, -0.2) is 4.98 Å². The lowest BCUT2D eigenvalue weighted by Crippen LogP contribution is -2.18. The Bertz CT molecular complexity index is 522. The van der Waals surface area contributed by atoms with Crippen molar-refractivity contribution in [3.63, 3.8) is 0 Å². The normalized spacial score (nSPS) is 10.6. The quantitative estimate of drug-likeness (QED) is 0.865. The van der Waals surface area contributed by atoms with Crippen molar-refractivity contribution in [3.05, 3.63) is 46.0 Å². The van der Waals surface area contributed by atoms with Gasteiger partial charge in [-0.15, -0.1) is 0 Å². The van der Waals surface area contributed by atoms with E-state index >= 15 is 0 Å². The second kappa shape index (κ2) is 4.92. The van der Waals surface area contributed by atoms with Crippen molar-refractivity contribution in [3.8, 4) is 0 Å². The Kier molecular flexibility index (Phi) is 3.52. The van der Waals surface area contributed by atoms with E-state index in [4.69, 9.17) is 4.42 Å². The van der Waals surface area contributed by atoms with Crippen LogP contribution in [0.3, 0.4) is 0 Å². The molecule has 17 heavy (non-hydrogen) atoms. The molecule has 3 nitrogen and oxygen atoms in total. The van der Waals surface area contributed by atoms with Crippen molar-refractivity contribution in [2.45, 2.75) is 20.4 Å². The Labute approximate surface area is 110 Å². The number of aryl methyl sites for hydroxylation is 2. The van der Waals surface area contributed by atoms with Crippen LogP contribution < -0.4 is 4.90 Å². The lowest BCUT2D eigenvalue weighted by Gasteiger charge is -2.19. The molecule has 0 radical (unpaired) electrons. The predicted octanol–water partition coefficient (Wildman–Crippen LogP) is 3.69. The molecular formula is C13H15BrN2O. The first kappa shape index (κ1) is 12.2. The number of hydrogen-bond acceptors (Lipinski definition) is 3. The Morgan fingerprint density at radius 1 is 1.35 bits per heavy atom. The molecule has 4 heteroatoms. The van der Waals surface area contributed by atoms with Crippen LogP contribution in [-0.2, 0) is 6.54 Å². The molecule has 2 rings (SSSR count). The predicted molar refractivity (Wildman–Crippen MR) is 72.2 cm³/mol. The molecule has 0 aliphatic rings. The van der Waals surface area contributed by atoms with Crippen LogP contribution >= 0.6 is 15.9 Å². The number of rotatable bonds is 3. The molecule has 2 aromatic rings. The van der Waals surface area contributed by atoms with Gasteiger partial charge in [0.25, 0.3) is 0 Å². The van der Waals surface area contributed by atoms with Gasteiger partial charge in [0, 0.05) is 25.4 Å². The topological polar surface area (TPSA) is 29.3 Å². The van der Waals surface area contributed by atoms with Gasteiger partial charge < -0.3 is 9.32 Å². The molecule has 0 amide bonds. The molecule has 0 spiro atoms. The summed E-state index contributed by atoms with van der Waals surface area (Å²) in [5, 5.41) is 0. The number of pyridine rings is 1. The van der Waals surface area contributed by atoms with E-state index in [0.29, 0.717) is 0 Å². The molecule has 2 aromatic heterocycles.